The quantitative estimate of drug-likeness (QED) is 0.765. The van der Waals surface area contributed by atoms with Crippen molar-refractivity contribution in [3.63, 3.8) is 0 Å². The van der Waals surface area contributed by atoms with Crippen molar-refractivity contribution < 1.29 is 24.1 Å². The van der Waals surface area contributed by atoms with Gasteiger partial charge in [-0.1, -0.05) is 24.3 Å². The van der Waals surface area contributed by atoms with Gasteiger partial charge in [0.25, 0.3) is 0 Å². The SMILES string of the molecule is COc1ccc([C@]2(O)CSC3=C(C#N)[C@H](c4ccccc4OC)CC(=O)N32)cc1OC. The molecule has 4 rings (SSSR count). The lowest BCUT2D eigenvalue weighted by molar-refractivity contribution is -0.149. The number of hydrogen-bond acceptors (Lipinski definition) is 7. The van der Waals surface area contributed by atoms with Crippen LogP contribution in [0.3, 0.4) is 0 Å². The number of ether oxygens (including phenoxy) is 3. The summed E-state index contributed by atoms with van der Waals surface area (Å²) in [4.78, 5) is 14.6. The van der Waals surface area contributed by atoms with Crippen molar-refractivity contribution in [2.24, 2.45) is 0 Å². The van der Waals surface area contributed by atoms with Crippen molar-refractivity contribution in [1.29, 1.82) is 5.26 Å². The monoisotopic (exact) mass is 438 g/mol. The molecular formula is C23H22N2O5S. The van der Waals surface area contributed by atoms with E-state index in [1.165, 1.54) is 30.9 Å². The van der Waals surface area contributed by atoms with Crippen LogP contribution in [0.2, 0.25) is 0 Å². The summed E-state index contributed by atoms with van der Waals surface area (Å²) in [6.45, 7) is 0. The second kappa shape index (κ2) is 8.17. The van der Waals surface area contributed by atoms with Gasteiger partial charge in [0.1, 0.15) is 5.75 Å². The van der Waals surface area contributed by atoms with E-state index in [0.717, 1.165) is 5.56 Å². The molecule has 0 unspecified atom stereocenters. The molecule has 2 aliphatic heterocycles. The molecular weight excluding hydrogens is 416 g/mol. The minimum Gasteiger partial charge on any atom is -0.496 e. The van der Waals surface area contributed by atoms with Crippen LogP contribution in [0, 0.1) is 11.3 Å². The fraction of sp³-hybridized carbons (Fsp3) is 0.304. The average molecular weight is 439 g/mol. The van der Waals surface area contributed by atoms with E-state index in [1.54, 1.807) is 25.3 Å². The third-order valence-electron chi connectivity index (χ3n) is 5.67. The molecule has 0 saturated carbocycles. The molecule has 0 bridgehead atoms. The van der Waals surface area contributed by atoms with Gasteiger partial charge < -0.3 is 19.3 Å². The number of amides is 1. The maximum atomic E-state index is 13.3. The molecule has 0 aromatic heterocycles. The van der Waals surface area contributed by atoms with Crippen molar-refractivity contribution >= 4 is 17.7 Å². The first-order valence-electron chi connectivity index (χ1n) is 9.66. The van der Waals surface area contributed by atoms with Crippen molar-refractivity contribution in [1.82, 2.24) is 4.90 Å². The summed E-state index contributed by atoms with van der Waals surface area (Å²) < 4.78 is 16.1. The number of thioether (sulfide) groups is 1. The number of carbonyl (C=O) groups is 1. The fourth-order valence-corrected chi connectivity index (χ4v) is 5.50. The lowest BCUT2D eigenvalue weighted by Gasteiger charge is -2.38. The van der Waals surface area contributed by atoms with Crippen LogP contribution in [0.25, 0.3) is 0 Å². The Hall–Kier alpha value is -3.15. The van der Waals surface area contributed by atoms with Gasteiger partial charge >= 0.3 is 0 Å². The van der Waals surface area contributed by atoms with E-state index < -0.39 is 11.6 Å². The molecule has 2 aromatic rings. The van der Waals surface area contributed by atoms with Crippen LogP contribution in [0.15, 0.2) is 53.1 Å². The molecule has 1 amide bonds. The molecule has 8 heteroatoms. The highest BCUT2D eigenvalue weighted by Crippen LogP contribution is 2.53. The molecule has 1 N–H and O–H groups in total. The van der Waals surface area contributed by atoms with Gasteiger partial charge in [0.05, 0.1) is 43.8 Å². The van der Waals surface area contributed by atoms with E-state index in [9.17, 15) is 15.2 Å². The molecule has 160 valence electrons. The zero-order valence-electron chi connectivity index (χ0n) is 17.4. The molecule has 2 aliphatic rings. The van der Waals surface area contributed by atoms with E-state index in [0.29, 0.717) is 33.4 Å². The van der Waals surface area contributed by atoms with Crippen molar-refractivity contribution in [3.05, 3.63) is 64.2 Å². The van der Waals surface area contributed by atoms with Gasteiger partial charge in [-0.2, -0.15) is 5.26 Å². The highest BCUT2D eigenvalue weighted by atomic mass is 32.2. The highest BCUT2D eigenvalue weighted by molar-refractivity contribution is 8.03. The first-order valence-corrected chi connectivity index (χ1v) is 10.6. The summed E-state index contributed by atoms with van der Waals surface area (Å²) in [6.07, 6.45) is 0.0585. The number of benzene rings is 2. The largest absolute Gasteiger partial charge is 0.496 e. The Labute approximate surface area is 184 Å². The normalized spacial score (nSPS) is 22.7. The number of nitriles is 1. The summed E-state index contributed by atoms with van der Waals surface area (Å²) in [7, 11) is 4.61. The standard InChI is InChI=1S/C23H22N2O5S/c1-28-18-7-5-4-6-15(18)16-11-21(26)25-22(17(16)12-24)31-13-23(25,27)14-8-9-19(29-2)20(10-14)30-3/h4-10,16,27H,11,13H2,1-3H3/t16-,23+/m0/s1. The van der Waals surface area contributed by atoms with Gasteiger partial charge in [0.15, 0.2) is 17.2 Å². The molecule has 2 aromatic carbocycles. The van der Waals surface area contributed by atoms with Crippen LogP contribution >= 0.6 is 11.8 Å². The van der Waals surface area contributed by atoms with Crippen LogP contribution in [0.4, 0.5) is 0 Å². The van der Waals surface area contributed by atoms with Crippen molar-refractivity contribution in [2.45, 2.75) is 18.1 Å². The van der Waals surface area contributed by atoms with E-state index in [4.69, 9.17) is 14.2 Å². The maximum absolute atomic E-state index is 13.3. The summed E-state index contributed by atoms with van der Waals surface area (Å²) in [5, 5.41) is 22.1. The van der Waals surface area contributed by atoms with Gasteiger partial charge in [0, 0.05) is 23.5 Å². The summed E-state index contributed by atoms with van der Waals surface area (Å²) in [6, 6.07) is 14.7. The number of methoxy groups -OCH3 is 3. The fourth-order valence-electron chi connectivity index (χ4n) is 4.14. The zero-order chi connectivity index (χ0) is 22.2. The lowest BCUT2D eigenvalue weighted by Crippen LogP contribution is -2.48. The van der Waals surface area contributed by atoms with Crippen LogP contribution in [-0.2, 0) is 10.5 Å². The Morgan fingerprint density at radius 1 is 1.10 bits per heavy atom. The second-order valence-electron chi connectivity index (χ2n) is 7.23. The van der Waals surface area contributed by atoms with Crippen molar-refractivity contribution in [2.75, 3.05) is 27.1 Å². The highest BCUT2D eigenvalue weighted by Gasteiger charge is 2.52. The van der Waals surface area contributed by atoms with Crippen LogP contribution < -0.4 is 14.2 Å². The minimum atomic E-state index is -1.59. The predicted octanol–water partition coefficient (Wildman–Crippen LogP) is 3.36. The summed E-state index contributed by atoms with van der Waals surface area (Å²) in [5.41, 5.74) is 0.133. The smallest absolute Gasteiger partial charge is 0.231 e. The number of aliphatic hydroxyl groups is 1. The Morgan fingerprint density at radius 3 is 2.48 bits per heavy atom. The molecule has 0 spiro atoms. The lowest BCUT2D eigenvalue weighted by atomic mass is 9.85. The van der Waals surface area contributed by atoms with Crippen LogP contribution in [0.1, 0.15) is 23.5 Å². The maximum Gasteiger partial charge on any atom is 0.231 e. The molecule has 7 nitrogen and oxygen atoms in total. The van der Waals surface area contributed by atoms with Gasteiger partial charge in [-0.25, -0.2) is 0 Å². The number of allylic oxidation sites excluding steroid dienone is 1. The van der Waals surface area contributed by atoms with Gasteiger partial charge in [-0.05, 0) is 18.2 Å². The van der Waals surface area contributed by atoms with Gasteiger partial charge in [-0.3, -0.25) is 9.69 Å². The van der Waals surface area contributed by atoms with Crippen molar-refractivity contribution in [3.8, 4) is 23.3 Å². The Kier molecular flexibility index (Phi) is 5.56. The van der Waals surface area contributed by atoms with Gasteiger partial charge in [0.2, 0.25) is 5.91 Å². The number of nitrogens with zero attached hydrogens (tertiary/aromatic N) is 2. The number of fused-ring (bicyclic) bond motifs is 1. The topological polar surface area (TPSA) is 92.0 Å². The first-order chi connectivity index (χ1) is 15.0. The summed E-state index contributed by atoms with van der Waals surface area (Å²) >= 11 is 1.30. The number of para-hydroxylation sites is 1. The number of rotatable bonds is 5. The third-order valence-corrected chi connectivity index (χ3v) is 6.89. The molecule has 1 fully saturated rings. The Balaban J connectivity index is 1.81. The Morgan fingerprint density at radius 2 is 1.81 bits per heavy atom. The molecule has 2 heterocycles. The molecule has 1 saturated heterocycles. The third kappa shape index (κ3) is 3.30. The molecule has 2 atom stereocenters. The van der Waals surface area contributed by atoms with E-state index in [-0.39, 0.29) is 18.1 Å². The molecule has 0 radical (unpaired) electrons. The number of carbonyl (C=O) groups excluding carboxylic acids is 1. The zero-order valence-corrected chi connectivity index (χ0v) is 18.2. The number of hydrogen-bond donors (Lipinski definition) is 1. The van der Waals surface area contributed by atoms with Crippen LogP contribution in [0.5, 0.6) is 17.2 Å². The Bertz CT molecular complexity index is 1110. The minimum absolute atomic E-state index is 0.0585. The second-order valence-corrected chi connectivity index (χ2v) is 8.20. The van der Waals surface area contributed by atoms with E-state index in [1.807, 2.05) is 24.3 Å². The van der Waals surface area contributed by atoms with E-state index >= 15 is 0 Å². The molecule has 0 aliphatic carbocycles. The average Bonchev–Trinajstić information content (AvgIpc) is 3.17. The first kappa shape index (κ1) is 21.1. The van der Waals surface area contributed by atoms with Gasteiger partial charge in [-0.15, -0.1) is 11.8 Å². The predicted molar refractivity (Wildman–Crippen MR) is 116 cm³/mol. The van der Waals surface area contributed by atoms with E-state index in [2.05, 4.69) is 6.07 Å². The summed E-state index contributed by atoms with van der Waals surface area (Å²) in [5.74, 6) is 1.11. The van der Waals surface area contributed by atoms with Crippen LogP contribution in [-0.4, -0.2) is 43.0 Å². The molecule has 31 heavy (non-hydrogen) atoms.